The highest BCUT2D eigenvalue weighted by atomic mass is 15.0. The molecule has 15 heavy (non-hydrogen) atoms. The van der Waals surface area contributed by atoms with E-state index in [1.807, 2.05) is 17.7 Å². The van der Waals surface area contributed by atoms with Crippen LogP contribution in [0.1, 0.15) is 36.2 Å². The van der Waals surface area contributed by atoms with Crippen LogP contribution in [-0.4, -0.2) is 10.6 Å². The predicted molar refractivity (Wildman–Crippen MR) is 59.3 cm³/mol. The Kier molecular flexibility index (Phi) is 2.79. The molecule has 1 aliphatic rings. The van der Waals surface area contributed by atoms with Crippen LogP contribution in [0.3, 0.4) is 0 Å². The minimum Gasteiger partial charge on any atom is -0.340 e. The summed E-state index contributed by atoms with van der Waals surface area (Å²) in [6, 6.07) is 4.90. The van der Waals surface area contributed by atoms with Crippen LogP contribution in [0.25, 0.3) is 0 Å². The lowest BCUT2D eigenvalue weighted by Gasteiger charge is -2.26. The minimum absolute atomic E-state index is 0.704. The van der Waals surface area contributed by atoms with Crippen molar-refractivity contribution in [2.45, 2.75) is 38.8 Å². The SMILES string of the molecule is Cc1c(CNC2CCC2)cc(C#N)n1C. The van der Waals surface area contributed by atoms with E-state index < -0.39 is 0 Å². The van der Waals surface area contributed by atoms with Gasteiger partial charge in [-0.15, -0.1) is 0 Å². The Bertz CT molecular complexity index is 394. The Morgan fingerprint density at radius 1 is 1.60 bits per heavy atom. The molecule has 0 bridgehead atoms. The highest BCUT2D eigenvalue weighted by molar-refractivity contribution is 5.34. The van der Waals surface area contributed by atoms with Gasteiger partial charge in [-0.1, -0.05) is 6.42 Å². The normalized spacial score (nSPS) is 16.1. The van der Waals surface area contributed by atoms with Crippen LogP contribution in [0.15, 0.2) is 6.07 Å². The van der Waals surface area contributed by atoms with E-state index in [0.29, 0.717) is 6.04 Å². The predicted octanol–water partition coefficient (Wildman–Crippen LogP) is 1.85. The molecule has 1 aliphatic carbocycles. The molecule has 1 aromatic rings. The van der Waals surface area contributed by atoms with Gasteiger partial charge in [-0.05, 0) is 31.4 Å². The fourth-order valence-corrected chi connectivity index (χ4v) is 1.92. The summed E-state index contributed by atoms with van der Waals surface area (Å²) >= 11 is 0. The molecular weight excluding hydrogens is 186 g/mol. The van der Waals surface area contributed by atoms with Crippen molar-refractivity contribution < 1.29 is 0 Å². The van der Waals surface area contributed by atoms with Crippen molar-refractivity contribution in [2.75, 3.05) is 0 Å². The molecule has 0 saturated heterocycles. The molecule has 80 valence electrons. The molecule has 0 radical (unpaired) electrons. The van der Waals surface area contributed by atoms with Crippen LogP contribution in [0.2, 0.25) is 0 Å². The number of aromatic nitrogens is 1. The summed E-state index contributed by atoms with van der Waals surface area (Å²) in [6.45, 7) is 2.96. The van der Waals surface area contributed by atoms with Gasteiger partial charge in [0.25, 0.3) is 0 Å². The third kappa shape index (κ3) is 1.91. The smallest absolute Gasteiger partial charge is 0.120 e. The largest absolute Gasteiger partial charge is 0.340 e. The topological polar surface area (TPSA) is 40.8 Å². The van der Waals surface area contributed by atoms with E-state index in [1.165, 1.54) is 30.5 Å². The molecule has 0 aromatic carbocycles. The van der Waals surface area contributed by atoms with Crippen molar-refractivity contribution in [3.8, 4) is 6.07 Å². The zero-order chi connectivity index (χ0) is 10.8. The fraction of sp³-hybridized carbons (Fsp3) is 0.583. The first-order valence-electron chi connectivity index (χ1n) is 5.51. The maximum Gasteiger partial charge on any atom is 0.120 e. The summed E-state index contributed by atoms with van der Waals surface area (Å²) in [5, 5.41) is 12.4. The van der Waals surface area contributed by atoms with Gasteiger partial charge in [0, 0.05) is 25.3 Å². The highest BCUT2D eigenvalue weighted by Gasteiger charge is 2.17. The number of nitriles is 1. The molecular formula is C12H17N3. The van der Waals surface area contributed by atoms with Crippen LogP contribution >= 0.6 is 0 Å². The van der Waals surface area contributed by atoms with Crippen LogP contribution in [0.5, 0.6) is 0 Å². The number of hydrogen-bond donors (Lipinski definition) is 1. The van der Waals surface area contributed by atoms with Gasteiger partial charge in [-0.25, -0.2) is 0 Å². The summed E-state index contributed by atoms with van der Waals surface area (Å²) in [4.78, 5) is 0. The molecule has 0 atom stereocenters. The van der Waals surface area contributed by atoms with Crippen LogP contribution in [0, 0.1) is 18.3 Å². The molecule has 0 amide bonds. The molecule has 0 aliphatic heterocycles. The molecule has 1 saturated carbocycles. The zero-order valence-corrected chi connectivity index (χ0v) is 9.38. The number of nitrogens with zero attached hydrogens (tertiary/aromatic N) is 2. The highest BCUT2D eigenvalue weighted by Crippen LogP contribution is 2.20. The second kappa shape index (κ2) is 4.08. The lowest BCUT2D eigenvalue weighted by Crippen LogP contribution is -2.34. The Morgan fingerprint density at radius 3 is 2.80 bits per heavy atom. The maximum absolute atomic E-state index is 8.90. The lowest BCUT2D eigenvalue weighted by molar-refractivity contribution is 0.338. The molecule has 1 heterocycles. The van der Waals surface area contributed by atoms with Gasteiger partial charge in [-0.3, -0.25) is 0 Å². The van der Waals surface area contributed by atoms with E-state index in [1.54, 1.807) is 0 Å². The second-order valence-corrected chi connectivity index (χ2v) is 4.32. The first-order chi connectivity index (χ1) is 7.22. The van der Waals surface area contributed by atoms with Gasteiger partial charge in [0.2, 0.25) is 0 Å². The lowest BCUT2D eigenvalue weighted by atomic mass is 9.93. The zero-order valence-electron chi connectivity index (χ0n) is 9.38. The van der Waals surface area contributed by atoms with Crippen molar-refractivity contribution >= 4 is 0 Å². The monoisotopic (exact) mass is 203 g/mol. The van der Waals surface area contributed by atoms with E-state index in [4.69, 9.17) is 5.26 Å². The fourth-order valence-electron chi connectivity index (χ4n) is 1.92. The van der Waals surface area contributed by atoms with Gasteiger partial charge in [0.1, 0.15) is 11.8 Å². The molecule has 3 heteroatoms. The standard InChI is InChI=1S/C12H17N3/c1-9-10(6-12(7-13)15(9)2)8-14-11-4-3-5-11/h6,11,14H,3-5,8H2,1-2H3. The van der Waals surface area contributed by atoms with Gasteiger partial charge >= 0.3 is 0 Å². The Hall–Kier alpha value is -1.27. The Labute approximate surface area is 90.7 Å². The van der Waals surface area contributed by atoms with Crippen molar-refractivity contribution in [1.82, 2.24) is 9.88 Å². The summed E-state index contributed by atoms with van der Waals surface area (Å²) in [7, 11) is 1.95. The van der Waals surface area contributed by atoms with E-state index in [2.05, 4.69) is 18.3 Å². The number of hydrogen-bond acceptors (Lipinski definition) is 2. The summed E-state index contributed by atoms with van der Waals surface area (Å²) in [6.07, 6.45) is 3.96. The molecule has 0 unspecified atom stereocenters. The van der Waals surface area contributed by atoms with E-state index in [0.717, 1.165) is 12.2 Å². The molecule has 1 N–H and O–H groups in total. The van der Waals surface area contributed by atoms with E-state index in [9.17, 15) is 0 Å². The maximum atomic E-state index is 8.90. The third-order valence-electron chi connectivity index (χ3n) is 3.44. The van der Waals surface area contributed by atoms with Crippen molar-refractivity contribution in [1.29, 1.82) is 5.26 Å². The number of nitrogens with one attached hydrogen (secondary N) is 1. The molecule has 1 aromatic heterocycles. The van der Waals surface area contributed by atoms with Gasteiger partial charge < -0.3 is 9.88 Å². The average molecular weight is 203 g/mol. The van der Waals surface area contributed by atoms with E-state index >= 15 is 0 Å². The van der Waals surface area contributed by atoms with Crippen molar-refractivity contribution in [3.05, 3.63) is 23.0 Å². The summed E-state index contributed by atoms with van der Waals surface area (Å²) < 4.78 is 1.96. The summed E-state index contributed by atoms with van der Waals surface area (Å²) in [5.41, 5.74) is 3.19. The quantitative estimate of drug-likeness (QED) is 0.814. The Morgan fingerprint density at radius 2 is 2.33 bits per heavy atom. The third-order valence-corrected chi connectivity index (χ3v) is 3.44. The van der Waals surface area contributed by atoms with Gasteiger partial charge in [0.15, 0.2) is 0 Å². The molecule has 2 rings (SSSR count). The first-order valence-corrected chi connectivity index (χ1v) is 5.51. The molecule has 0 spiro atoms. The van der Waals surface area contributed by atoms with Crippen LogP contribution < -0.4 is 5.32 Å². The Balaban J connectivity index is 2.04. The average Bonchev–Trinajstić information content (AvgIpc) is 2.43. The first kappa shape index (κ1) is 10.3. The summed E-state index contributed by atoms with van der Waals surface area (Å²) in [5.74, 6) is 0. The van der Waals surface area contributed by atoms with Crippen LogP contribution in [-0.2, 0) is 13.6 Å². The van der Waals surface area contributed by atoms with Crippen LogP contribution in [0.4, 0.5) is 0 Å². The van der Waals surface area contributed by atoms with Gasteiger partial charge in [-0.2, -0.15) is 5.26 Å². The van der Waals surface area contributed by atoms with Crippen molar-refractivity contribution in [2.24, 2.45) is 7.05 Å². The molecule has 1 fully saturated rings. The van der Waals surface area contributed by atoms with Gasteiger partial charge in [0.05, 0.1) is 0 Å². The second-order valence-electron chi connectivity index (χ2n) is 4.32. The minimum atomic E-state index is 0.704. The van der Waals surface area contributed by atoms with E-state index in [-0.39, 0.29) is 0 Å². The number of rotatable bonds is 3. The molecule has 3 nitrogen and oxygen atoms in total. The van der Waals surface area contributed by atoms with Crippen molar-refractivity contribution in [3.63, 3.8) is 0 Å².